The second-order valence-corrected chi connectivity index (χ2v) is 6.39. The molecule has 1 fully saturated rings. The van der Waals surface area contributed by atoms with E-state index in [0.29, 0.717) is 42.3 Å². The van der Waals surface area contributed by atoms with E-state index < -0.39 is 23.6 Å². The minimum absolute atomic E-state index is 0.140. The van der Waals surface area contributed by atoms with Gasteiger partial charge >= 0.3 is 6.18 Å². The summed E-state index contributed by atoms with van der Waals surface area (Å²) in [5.41, 5.74) is -0.0490. The highest BCUT2D eigenvalue weighted by atomic mass is 19.4. The molecule has 1 saturated heterocycles. The number of hydrogen-bond donors (Lipinski definition) is 2. The monoisotopic (exact) mass is 376 g/mol. The maximum atomic E-state index is 12.8. The molecule has 0 aliphatic carbocycles. The number of phenolic OH excluding ortho intramolecular Hbond substituents is 1. The molecule has 4 rings (SSSR count). The number of β-amino-alcohol motifs (C(OH)–C–C–N with tert-alkyl or cyclic N) is 1. The molecule has 0 spiro atoms. The van der Waals surface area contributed by atoms with E-state index in [1.807, 2.05) is 4.90 Å². The Kier molecular flexibility index (Phi) is 4.11. The predicted molar refractivity (Wildman–Crippen MR) is 92.3 cm³/mol. The topological polar surface area (TPSA) is 82.4 Å². The lowest BCUT2D eigenvalue weighted by Gasteiger charge is -2.18. The third-order valence-corrected chi connectivity index (χ3v) is 4.56. The third kappa shape index (κ3) is 3.14. The number of fused-ring (bicyclic) bond motifs is 1. The van der Waals surface area contributed by atoms with Crippen LogP contribution in [0.5, 0.6) is 5.75 Å². The summed E-state index contributed by atoms with van der Waals surface area (Å²) in [5.74, 6) is -0.0362. The second-order valence-electron chi connectivity index (χ2n) is 6.39. The minimum atomic E-state index is -4.55. The quantitative estimate of drug-likeness (QED) is 0.716. The van der Waals surface area contributed by atoms with E-state index in [9.17, 15) is 23.4 Å². The molecule has 0 amide bonds. The number of anilines is 1. The van der Waals surface area contributed by atoms with Crippen LogP contribution in [-0.4, -0.2) is 44.6 Å². The van der Waals surface area contributed by atoms with Gasteiger partial charge in [-0.1, -0.05) is 0 Å². The van der Waals surface area contributed by atoms with Crippen LogP contribution in [0, 0.1) is 0 Å². The molecule has 0 bridgehead atoms. The molecule has 1 aliphatic rings. The van der Waals surface area contributed by atoms with Gasteiger partial charge in [-0.05, 0) is 36.8 Å². The zero-order chi connectivity index (χ0) is 19.2. The molecule has 1 aliphatic heterocycles. The maximum absolute atomic E-state index is 12.8. The first-order chi connectivity index (χ1) is 12.8. The van der Waals surface area contributed by atoms with E-state index in [1.165, 1.54) is 6.07 Å². The van der Waals surface area contributed by atoms with Crippen molar-refractivity contribution in [2.24, 2.45) is 0 Å². The molecule has 1 aromatic carbocycles. The molecule has 3 heterocycles. The van der Waals surface area contributed by atoms with Crippen LogP contribution in [-0.2, 0) is 6.18 Å². The van der Waals surface area contributed by atoms with Crippen molar-refractivity contribution >= 4 is 16.7 Å². The van der Waals surface area contributed by atoms with E-state index in [-0.39, 0.29) is 11.3 Å². The number of hydrogen-bond acceptors (Lipinski definition) is 6. The minimum Gasteiger partial charge on any atom is -0.507 e. The lowest BCUT2D eigenvalue weighted by Crippen LogP contribution is -2.23. The van der Waals surface area contributed by atoms with Crippen LogP contribution in [0.1, 0.15) is 12.0 Å². The van der Waals surface area contributed by atoms with Crippen molar-refractivity contribution in [3.8, 4) is 17.0 Å². The van der Waals surface area contributed by atoms with Gasteiger partial charge in [-0.15, -0.1) is 10.2 Å². The summed E-state index contributed by atoms with van der Waals surface area (Å²) in [6.45, 7) is 1.01. The van der Waals surface area contributed by atoms with Crippen LogP contribution in [0.2, 0.25) is 0 Å². The summed E-state index contributed by atoms with van der Waals surface area (Å²) < 4.78 is 38.5. The third-order valence-electron chi connectivity index (χ3n) is 4.56. The molecule has 6 nitrogen and oxygen atoms in total. The van der Waals surface area contributed by atoms with Crippen LogP contribution in [0.25, 0.3) is 22.2 Å². The lowest BCUT2D eigenvalue weighted by molar-refractivity contribution is -0.137. The zero-order valence-corrected chi connectivity index (χ0v) is 14.0. The molecule has 27 heavy (non-hydrogen) atoms. The van der Waals surface area contributed by atoms with Gasteiger partial charge in [0.1, 0.15) is 17.0 Å². The second kappa shape index (κ2) is 6.34. The fraction of sp³-hybridized carbons (Fsp3) is 0.278. The van der Waals surface area contributed by atoms with Crippen molar-refractivity contribution < 1.29 is 23.4 Å². The molecular formula is C18H15F3N4O2. The van der Waals surface area contributed by atoms with E-state index >= 15 is 0 Å². The highest BCUT2D eigenvalue weighted by Crippen LogP contribution is 2.38. The summed E-state index contributed by atoms with van der Waals surface area (Å²) in [4.78, 5) is 6.20. The van der Waals surface area contributed by atoms with Crippen molar-refractivity contribution in [2.45, 2.75) is 18.7 Å². The zero-order valence-electron chi connectivity index (χ0n) is 14.0. The number of aliphatic hydroxyl groups excluding tert-OH is 1. The summed E-state index contributed by atoms with van der Waals surface area (Å²) >= 11 is 0. The average molecular weight is 376 g/mol. The standard InChI is InChI=1S/C18H15F3N4O2/c19-18(20,21)10-3-4-12(14(27)8-10)15-13-2-1-6-22-16(13)17(24-23-15)25-7-5-11(26)9-25/h1-4,6,8,11,26-27H,5,7,9H2. The number of alkyl halides is 3. The summed E-state index contributed by atoms with van der Waals surface area (Å²) in [6.07, 6.45) is -2.82. The number of nitrogens with zero attached hydrogens (tertiary/aromatic N) is 4. The van der Waals surface area contributed by atoms with Crippen LogP contribution < -0.4 is 4.90 Å². The molecule has 9 heteroatoms. The molecule has 0 radical (unpaired) electrons. The molecule has 3 aromatic rings. The van der Waals surface area contributed by atoms with Gasteiger partial charge < -0.3 is 15.1 Å². The Morgan fingerprint density at radius 1 is 1.15 bits per heavy atom. The van der Waals surface area contributed by atoms with Crippen molar-refractivity contribution in [2.75, 3.05) is 18.0 Å². The molecule has 140 valence electrons. The van der Waals surface area contributed by atoms with Gasteiger partial charge in [0.05, 0.1) is 11.7 Å². The van der Waals surface area contributed by atoms with Crippen LogP contribution in [0.15, 0.2) is 36.5 Å². The molecule has 0 saturated carbocycles. The Labute approximate surface area is 151 Å². The molecule has 2 aromatic heterocycles. The van der Waals surface area contributed by atoms with Crippen molar-refractivity contribution in [3.63, 3.8) is 0 Å². The van der Waals surface area contributed by atoms with Gasteiger partial charge in [0.15, 0.2) is 5.82 Å². The number of aromatic nitrogens is 3. The SMILES string of the molecule is Oc1cc(C(F)(F)F)ccc1-c1nnc(N2CCC(O)C2)c2ncccc12. The Morgan fingerprint density at radius 2 is 1.96 bits per heavy atom. The fourth-order valence-electron chi connectivity index (χ4n) is 3.23. The normalized spacial score (nSPS) is 17.6. The van der Waals surface area contributed by atoms with Gasteiger partial charge in [-0.25, -0.2) is 0 Å². The Balaban J connectivity index is 1.84. The number of halogens is 3. The number of benzene rings is 1. The van der Waals surface area contributed by atoms with Crippen LogP contribution in [0.4, 0.5) is 19.0 Å². The first-order valence-electron chi connectivity index (χ1n) is 8.29. The molecular weight excluding hydrogens is 361 g/mol. The van der Waals surface area contributed by atoms with E-state index in [4.69, 9.17) is 0 Å². The lowest BCUT2D eigenvalue weighted by atomic mass is 10.0. The number of rotatable bonds is 2. The van der Waals surface area contributed by atoms with E-state index in [1.54, 1.807) is 18.3 Å². The largest absolute Gasteiger partial charge is 0.507 e. The smallest absolute Gasteiger partial charge is 0.416 e. The molecule has 1 unspecified atom stereocenters. The highest BCUT2D eigenvalue weighted by Gasteiger charge is 2.31. The Bertz CT molecular complexity index is 1010. The van der Waals surface area contributed by atoms with Gasteiger partial charge in [0.25, 0.3) is 0 Å². The van der Waals surface area contributed by atoms with E-state index in [2.05, 4.69) is 15.2 Å². The van der Waals surface area contributed by atoms with Gasteiger partial charge in [0.2, 0.25) is 0 Å². The number of aliphatic hydroxyl groups is 1. The first-order valence-corrected chi connectivity index (χ1v) is 8.29. The highest BCUT2D eigenvalue weighted by molar-refractivity contribution is 5.98. The summed E-state index contributed by atoms with van der Waals surface area (Å²) in [7, 11) is 0. The molecule has 2 N–H and O–H groups in total. The van der Waals surface area contributed by atoms with Crippen LogP contribution >= 0.6 is 0 Å². The fourth-order valence-corrected chi connectivity index (χ4v) is 3.23. The predicted octanol–water partition coefficient (Wildman–Crippen LogP) is 2.99. The van der Waals surface area contributed by atoms with Crippen LogP contribution in [0.3, 0.4) is 0 Å². The maximum Gasteiger partial charge on any atom is 0.416 e. The van der Waals surface area contributed by atoms with Gasteiger partial charge in [0, 0.05) is 30.2 Å². The van der Waals surface area contributed by atoms with Gasteiger partial charge in [-0.2, -0.15) is 13.2 Å². The molecule has 1 atom stereocenters. The summed E-state index contributed by atoms with van der Waals surface area (Å²) in [5, 5.41) is 28.8. The Hall–Kier alpha value is -2.94. The first kappa shape index (κ1) is 17.5. The van der Waals surface area contributed by atoms with Crippen molar-refractivity contribution in [1.29, 1.82) is 0 Å². The Morgan fingerprint density at radius 3 is 2.63 bits per heavy atom. The van der Waals surface area contributed by atoms with E-state index in [0.717, 1.165) is 6.07 Å². The number of phenols is 1. The van der Waals surface area contributed by atoms with Crippen molar-refractivity contribution in [1.82, 2.24) is 15.2 Å². The van der Waals surface area contributed by atoms with Gasteiger partial charge in [-0.3, -0.25) is 4.98 Å². The average Bonchev–Trinajstić information content (AvgIpc) is 3.06. The number of pyridine rings is 1. The number of aromatic hydroxyl groups is 1. The summed E-state index contributed by atoms with van der Waals surface area (Å²) in [6, 6.07) is 6.14. The van der Waals surface area contributed by atoms with Crippen molar-refractivity contribution in [3.05, 3.63) is 42.1 Å².